The Morgan fingerprint density at radius 3 is 2.26 bits per heavy atom. The lowest BCUT2D eigenvalue weighted by Gasteiger charge is -2.09. The number of thiophene rings is 1. The van der Waals surface area contributed by atoms with Gasteiger partial charge in [0.25, 0.3) is 5.91 Å². The van der Waals surface area contributed by atoms with Crippen LogP contribution >= 0.6 is 11.3 Å². The summed E-state index contributed by atoms with van der Waals surface area (Å²) in [6.07, 6.45) is 3.28. The molecule has 0 atom stereocenters. The second kappa shape index (κ2) is 7.67. The van der Waals surface area contributed by atoms with Crippen LogP contribution in [0.4, 0.5) is 9.39 Å². The van der Waals surface area contributed by atoms with Gasteiger partial charge in [0.05, 0.1) is 5.56 Å². The van der Waals surface area contributed by atoms with Crippen LogP contribution in [-0.2, 0) is 4.79 Å². The fourth-order valence-electron chi connectivity index (χ4n) is 2.61. The van der Waals surface area contributed by atoms with Gasteiger partial charge >= 0.3 is 0 Å². The summed E-state index contributed by atoms with van der Waals surface area (Å²) in [6, 6.07) is 9.42. The molecule has 7 heteroatoms. The molecule has 2 amide bonds. The maximum Gasteiger partial charge on any atom is 0.252 e. The molecule has 0 fully saturated rings. The highest BCUT2D eigenvalue weighted by Crippen LogP contribution is 2.45. The first-order valence-corrected chi connectivity index (χ1v) is 9.14. The molecule has 2 aromatic heterocycles. The Hall–Kier alpha value is -3.06. The summed E-state index contributed by atoms with van der Waals surface area (Å²) < 4.78 is 13.4. The van der Waals surface area contributed by atoms with Crippen molar-refractivity contribution in [3.8, 4) is 21.6 Å². The number of amides is 2. The molecule has 0 aliphatic carbocycles. The Morgan fingerprint density at radius 1 is 1.07 bits per heavy atom. The topological polar surface area (TPSA) is 85.1 Å². The number of nitrogens with two attached hydrogens (primary N) is 1. The summed E-state index contributed by atoms with van der Waals surface area (Å²) >= 11 is 1.26. The number of aromatic nitrogens is 1. The number of nitrogens with one attached hydrogen (secondary N) is 1. The Bertz CT molecular complexity index is 982. The van der Waals surface area contributed by atoms with Crippen molar-refractivity contribution in [2.24, 2.45) is 11.7 Å². The van der Waals surface area contributed by atoms with Crippen LogP contribution < -0.4 is 11.1 Å². The summed E-state index contributed by atoms with van der Waals surface area (Å²) in [5.41, 5.74) is 7.90. The van der Waals surface area contributed by atoms with Crippen LogP contribution in [0.5, 0.6) is 0 Å². The number of nitrogens with zero attached hydrogens (tertiary/aromatic N) is 1. The molecule has 3 N–H and O–H groups in total. The molecular weight excluding hydrogens is 365 g/mol. The van der Waals surface area contributed by atoms with E-state index in [1.54, 1.807) is 50.5 Å². The number of rotatable bonds is 5. The molecule has 2 heterocycles. The predicted molar refractivity (Wildman–Crippen MR) is 105 cm³/mol. The smallest absolute Gasteiger partial charge is 0.252 e. The van der Waals surface area contributed by atoms with Gasteiger partial charge in [-0.25, -0.2) is 4.39 Å². The number of benzene rings is 1. The number of anilines is 1. The molecule has 3 aromatic rings. The Balaban J connectivity index is 2.26. The number of primary amides is 1. The van der Waals surface area contributed by atoms with Gasteiger partial charge in [-0.15, -0.1) is 11.3 Å². The summed E-state index contributed by atoms with van der Waals surface area (Å²) in [7, 11) is 0. The molecule has 1 aromatic carbocycles. The van der Waals surface area contributed by atoms with Crippen molar-refractivity contribution in [2.45, 2.75) is 13.8 Å². The first kappa shape index (κ1) is 18.7. The van der Waals surface area contributed by atoms with Crippen LogP contribution in [0.3, 0.4) is 0 Å². The fraction of sp³-hybridized carbons (Fsp3) is 0.150. The molecule has 0 aliphatic rings. The van der Waals surface area contributed by atoms with Gasteiger partial charge in [0, 0.05) is 28.8 Å². The van der Waals surface area contributed by atoms with Crippen molar-refractivity contribution in [2.75, 3.05) is 5.32 Å². The number of hydrogen-bond acceptors (Lipinski definition) is 4. The number of pyridine rings is 1. The molecule has 0 saturated heterocycles. The molecule has 0 aliphatic heterocycles. The summed E-state index contributed by atoms with van der Waals surface area (Å²) in [4.78, 5) is 29.2. The van der Waals surface area contributed by atoms with Crippen LogP contribution in [-0.4, -0.2) is 16.8 Å². The zero-order chi connectivity index (χ0) is 19.6. The number of carbonyl (C=O) groups is 2. The number of hydrogen-bond donors (Lipinski definition) is 2. The Kier molecular flexibility index (Phi) is 5.32. The average Bonchev–Trinajstić information content (AvgIpc) is 3.02. The summed E-state index contributed by atoms with van der Waals surface area (Å²) in [5, 5.41) is 3.17. The maximum atomic E-state index is 13.4. The monoisotopic (exact) mass is 383 g/mol. The highest BCUT2D eigenvalue weighted by molar-refractivity contribution is 7.20. The van der Waals surface area contributed by atoms with Gasteiger partial charge in [0.2, 0.25) is 5.91 Å². The van der Waals surface area contributed by atoms with E-state index in [9.17, 15) is 14.0 Å². The quantitative estimate of drug-likeness (QED) is 0.688. The van der Waals surface area contributed by atoms with Crippen LogP contribution in [0.15, 0.2) is 48.8 Å². The lowest BCUT2D eigenvalue weighted by Crippen LogP contribution is -2.20. The van der Waals surface area contributed by atoms with Gasteiger partial charge in [-0.05, 0) is 35.4 Å². The minimum atomic E-state index is -0.662. The van der Waals surface area contributed by atoms with E-state index >= 15 is 0 Å². The molecule has 0 bridgehead atoms. The number of carbonyl (C=O) groups excluding carboxylic acids is 2. The van der Waals surface area contributed by atoms with Crippen molar-refractivity contribution >= 4 is 28.2 Å². The van der Waals surface area contributed by atoms with E-state index in [2.05, 4.69) is 10.3 Å². The van der Waals surface area contributed by atoms with E-state index in [1.807, 2.05) is 0 Å². The lowest BCUT2D eigenvalue weighted by molar-refractivity contribution is -0.118. The second-order valence-electron chi connectivity index (χ2n) is 6.26. The van der Waals surface area contributed by atoms with Crippen LogP contribution in [0, 0.1) is 11.7 Å². The fourth-order valence-corrected chi connectivity index (χ4v) is 3.85. The summed E-state index contributed by atoms with van der Waals surface area (Å²) in [5.74, 6) is -1.52. The molecule has 27 heavy (non-hydrogen) atoms. The maximum absolute atomic E-state index is 13.4. The highest BCUT2D eigenvalue weighted by atomic mass is 32.1. The van der Waals surface area contributed by atoms with E-state index < -0.39 is 5.91 Å². The van der Waals surface area contributed by atoms with Crippen molar-refractivity contribution in [3.63, 3.8) is 0 Å². The lowest BCUT2D eigenvalue weighted by atomic mass is 9.98. The zero-order valence-electron chi connectivity index (χ0n) is 14.8. The van der Waals surface area contributed by atoms with Gasteiger partial charge in [-0.3, -0.25) is 14.6 Å². The molecule has 138 valence electrons. The predicted octanol–water partition coefficient (Wildman–Crippen LogP) is 4.31. The largest absolute Gasteiger partial charge is 0.365 e. The van der Waals surface area contributed by atoms with Gasteiger partial charge in [-0.1, -0.05) is 26.0 Å². The minimum Gasteiger partial charge on any atom is -0.365 e. The zero-order valence-corrected chi connectivity index (χ0v) is 15.6. The molecular formula is C20H18FN3O2S. The third-order valence-electron chi connectivity index (χ3n) is 3.99. The molecule has 5 nitrogen and oxygen atoms in total. The minimum absolute atomic E-state index is 0.215. The molecule has 0 spiro atoms. The van der Waals surface area contributed by atoms with Crippen molar-refractivity contribution in [1.82, 2.24) is 4.98 Å². The molecule has 3 rings (SSSR count). The van der Waals surface area contributed by atoms with Gasteiger partial charge in [-0.2, -0.15) is 0 Å². The van der Waals surface area contributed by atoms with E-state index in [0.717, 1.165) is 10.4 Å². The van der Waals surface area contributed by atoms with E-state index in [4.69, 9.17) is 5.73 Å². The first-order chi connectivity index (χ1) is 12.9. The highest BCUT2D eigenvalue weighted by Gasteiger charge is 2.25. The van der Waals surface area contributed by atoms with Gasteiger partial charge in [0.15, 0.2) is 0 Å². The van der Waals surface area contributed by atoms with Gasteiger partial charge < -0.3 is 11.1 Å². The van der Waals surface area contributed by atoms with Crippen molar-refractivity contribution < 1.29 is 14.0 Å². The normalized spacial score (nSPS) is 10.8. The third kappa shape index (κ3) is 3.88. The Morgan fingerprint density at radius 2 is 1.70 bits per heavy atom. The Labute approximate surface area is 160 Å². The SMILES string of the molecule is CC(C)C(=O)Nc1sc(-c2ccncc2)c(-c2ccc(F)cc2)c1C(N)=O. The third-order valence-corrected chi connectivity index (χ3v) is 5.15. The van der Waals surface area contributed by atoms with Gasteiger partial charge in [0.1, 0.15) is 10.8 Å². The van der Waals surface area contributed by atoms with Crippen LogP contribution in [0.25, 0.3) is 21.6 Å². The molecule has 0 radical (unpaired) electrons. The number of halogens is 1. The molecule has 0 unspecified atom stereocenters. The van der Waals surface area contributed by atoms with Crippen LogP contribution in [0.1, 0.15) is 24.2 Å². The summed E-state index contributed by atoms with van der Waals surface area (Å²) in [6.45, 7) is 3.52. The van der Waals surface area contributed by atoms with E-state index in [-0.39, 0.29) is 23.2 Å². The first-order valence-electron chi connectivity index (χ1n) is 8.32. The van der Waals surface area contributed by atoms with Crippen molar-refractivity contribution in [1.29, 1.82) is 0 Å². The van der Waals surface area contributed by atoms with Crippen LogP contribution in [0.2, 0.25) is 0 Å². The average molecular weight is 383 g/mol. The standard InChI is InChI=1S/C20H18FN3O2S/c1-11(2)19(26)24-20-16(18(22)25)15(12-3-5-14(21)6-4-12)17(27-20)13-7-9-23-10-8-13/h3-11H,1-2H3,(H2,22,25)(H,24,26). The second-order valence-corrected chi connectivity index (χ2v) is 7.28. The van der Waals surface area contributed by atoms with E-state index in [0.29, 0.717) is 16.1 Å². The molecule has 0 saturated carbocycles. The van der Waals surface area contributed by atoms with E-state index in [1.165, 1.54) is 23.5 Å². The van der Waals surface area contributed by atoms with Crippen molar-refractivity contribution in [3.05, 3.63) is 60.2 Å².